The van der Waals surface area contributed by atoms with Gasteiger partial charge in [0.05, 0.1) is 7.11 Å². The second kappa shape index (κ2) is 6.40. The summed E-state index contributed by atoms with van der Waals surface area (Å²) in [5.41, 5.74) is 4.01. The van der Waals surface area contributed by atoms with Crippen molar-refractivity contribution in [1.29, 1.82) is 0 Å². The monoisotopic (exact) mass is 262 g/mol. The molecule has 3 heteroatoms. The Morgan fingerprint density at radius 1 is 1.32 bits per heavy atom. The summed E-state index contributed by atoms with van der Waals surface area (Å²) >= 11 is 0. The minimum Gasteiger partial charge on any atom is -0.496 e. The first kappa shape index (κ1) is 14.4. The van der Waals surface area contributed by atoms with Crippen LogP contribution in [0.1, 0.15) is 29.5 Å². The molecular weight excluding hydrogens is 236 g/mol. The lowest BCUT2D eigenvalue weighted by Crippen LogP contribution is -2.35. The molecule has 0 amide bonds. The van der Waals surface area contributed by atoms with Crippen LogP contribution in [0, 0.1) is 13.8 Å². The molecule has 1 saturated heterocycles. The van der Waals surface area contributed by atoms with Crippen LogP contribution in [0.2, 0.25) is 0 Å². The summed E-state index contributed by atoms with van der Waals surface area (Å²) in [6, 6.07) is 4.95. The average molecular weight is 262 g/mol. The lowest BCUT2D eigenvalue weighted by molar-refractivity contribution is 0.292. The van der Waals surface area contributed by atoms with Crippen LogP contribution >= 0.6 is 0 Å². The first-order chi connectivity index (χ1) is 9.11. The number of hydrogen-bond donors (Lipinski definition) is 1. The maximum atomic E-state index is 5.37. The lowest BCUT2D eigenvalue weighted by atomic mass is 10.0. The molecule has 1 aromatic rings. The van der Waals surface area contributed by atoms with Gasteiger partial charge in [0.15, 0.2) is 0 Å². The number of rotatable bonds is 5. The highest BCUT2D eigenvalue weighted by Crippen LogP contribution is 2.24. The van der Waals surface area contributed by atoms with E-state index in [2.05, 4.69) is 43.2 Å². The second-order valence-corrected chi connectivity index (χ2v) is 5.67. The van der Waals surface area contributed by atoms with Gasteiger partial charge in [-0.3, -0.25) is 0 Å². The highest BCUT2D eigenvalue weighted by Gasteiger charge is 2.16. The van der Waals surface area contributed by atoms with E-state index < -0.39 is 0 Å². The van der Waals surface area contributed by atoms with Crippen LogP contribution in [-0.2, 0) is 6.54 Å². The topological polar surface area (TPSA) is 24.5 Å². The molecule has 3 nitrogen and oxygen atoms in total. The molecular formula is C16H26N2O. The van der Waals surface area contributed by atoms with E-state index in [1.807, 2.05) is 0 Å². The van der Waals surface area contributed by atoms with E-state index in [9.17, 15) is 0 Å². The molecule has 1 N–H and O–H groups in total. The molecule has 2 rings (SSSR count). The van der Waals surface area contributed by atoms with Crippen molar-refractivity contribution >= 4 is 0 Å². The number of benzene rings is 1. The second-order valence-electron chi connectivity index (χ2n) is 5.67. The molecule has 0 aliphatic carbocycles. The smallest absolute Gasteiger partial charge is 0.122 e. The van der Waals surface area contributed by atoms with E-state index in [0.29, 0.717) is 6.04 Å². The Balaban J connectivity index is 2.00. The van der Waals surface area contributed by atoms with Gasteiger partial charge in [-0.15, -0.1) is 0 Å². The van der Waals surface area contributed by atoms with Crippen LogP contribution in [-0.4, -0.2) is 38.2 Å². The Kier molecular flexibility index (Phi) is 4.83. The van der Waals surface area contributed by atoms with Gasteiger partial charge in [0.2, 0.25) is 0 Å². The van der Waals surface area contributed by atoms with Crippen LogP contribution in [0.5, 0.6) is 5.75 Å². The highest BCUT2D eigenvalue weighted by molar-refractivity contribution is 5.43. The predicted molar refractivity (Wildman–Crippen MR) is 79.8 cm³/mol. The van der Waals surface area contributed by atoms with Gasteiger partial charge in [-0.05, 0) is 63.0 Å². The van der Waals surface area contributed by atoms with Crippen molar-refractivity contribution in [2.24, 2.45) is 0 Å². The van der Waals surface area contributed by atoms with Gasteiger partial charge < -0.3 is 15.0 Å². The number of nitrogens with one attached hydrogen (secondary N) is 1. The van der Waals surface area contributed by atoms with E-state index >= 15 is 0 Å². The average Bonchev–Trinajstić information content (AvgIpc) is 2.88. The fourth-order valence-electron chi connectivity index (χ4n) is 2.89. The molecule has 0 radical (unpaired) electrons. The molecule has 1 unspecified atom stereocenters. The van der Waals surface area contributed by atoms with E-state index in [1.165, 1.54) is 36.1 Å². The molecule has 106 valence electrons. The molecule has 1 aromatic carbocycles. The molecule has 1 atom stereocenters. The SMILES string of the molecule is COc1ccc(CN(C)CC2CCCN2)c(C)c1C. The third-order valence-corrected chi connectivity index (χ3v) is 4.20. The molecule has 1 aliphatic rings. The third-order valence-electron chi connectivity index (χ3n) is 4.20. The number of ether oxygens (including phenoxy) is 1. The van der Waals surface area contributed by atoms with Crippen LogP contribution in [0.15, 0.2) is 12.1 Å². The molecule has 1 fully saturated rings. The summed E-state index contributed by atoms with van der Waals surface area (Å²) in [5.74, 6) is 0.987. The van der Waals surface area contributed by atoms with Gasteiger partial charge >= 0.3 is 0 Å². The number of likely N-dealkylation sites (N-methyl/N-ethyl adjacent to an activating group) is 1. The zero-order valence-corrected chi connectivity index (χ0v) is 12.6. The summed E-state index contributed by atoms with van der Waals surface area (Å²) in [5, 5.41) is 3.56. The highest BCUT2D eigenvalue weighted by atomic mass is 16.5. The Morgan fingerprint density at radius 3 is 2.74 bits per heavy atom. The summed E-state index contributed by atoms with van der Waals surface area (Å²) < 4.78 is 5.37. The first-order valence-corrected chi connectivity index (χ1v) is 7.17. The zero-order valence-electron chi connectivity index (χ0n) is 12.6. The fraction of sp³-hybridized carbons (Fsp3) is 0.625. The molecule has 0 spiro atoms. The molecule has 1 aliphatic heterocycles. The van der Waals surface area contributed by atoms with Crippen LogP contribution in [0.25, 0.3) is 0 Å². The summed E-state index contributed by atoms with van der Waals surface area (Å²) in [6.07, 6.45) is 2.63. The van der Waals surface area contributed by atoms with Crippen molar-refractivity contribution in [3.63, 3.8) is 0 Å². The van der Waals surface area contributed by atoms with Crippen molar-refractivity contribution < 1.29 is 4.74 Å². The van der Waals surface area contributed by atoms with Gasteiger partial charge in [0.25, 0.3) is 0 Å². The largest absolute Gasteiger partial charge is 0.496 e. The Morgan fingerprint density at radius 2 is 2.11 bits per heavy atom. The van der Waals surface area contributed by atoms with Gasteiger partial charge in [0, 0.05) is 19.1 Å². The fourth-order valence-corrected chi connectivity index (χ4v) is 2.89. The van der Waals surface area contributed by atoms with Gasteiger partial charge in [0.1, 0.15) is 5.75 Å². The third kappa shape index (κ3) is 3.48. The Labute approximate surface area is 116 Å². The van der Waals surface area contributed by atoms with Crippen LogP contribution in [0.3, 0.4) is 0 Å². The minimum absolute atomic E-state index is 0.671. The summed E-state index contributed by atoms with van der Waals surface area (Å²) in [4.78, 5) is 2.41. The molecule has 0 saturated carbocycles. The minimum atomic E-state index is 0.671. The molecule has 19 heavy (non-hydrogen) atoms. The van der Waals surface area contributed by atoms with Gasteiger partial charge in [-0.2, -0.15) is 0 Å². The van der Waals surface area contributed by atoms with Crippen molar-refractivity contribution in [3.05, 3.63) is 28.8 Å². The van der Waals surface area contributed by atoms with E-state index in [0.717, 1.165) is 18.8 Å². The number of hydrogen-bond acceptors (Lipinski definition) is 3. The number of methoxy groups -OCH3 is 1. The van der Waals surface area contributed by atoms with Crippen molar-refractivity contribution in [1.82, 2.24) is 10.2 Å². The molecule has 0 bridgehead atoms. The van der Waals surface area contributed by atoms with E-state index in [-0.39, 0.29) is 0 Å². The van der Waals surface area contributed by atoms with Crippen molar-refractivity contribution in [2.75, 3.05) is 27.2 Å². The van der Waals surface area contributed by atoms with Gasteiger partial charge in [-0.1, -0.05) is 6.07 Å². The first-order valence-electron chi connectivity index (χ1n) is 7.17. The zero-order chi connectivity index (χ0) is 13.8. The van der Waals surface area contributed by atoms with Crippen LogP contribution in [0.4, 0.5) is 0 Å². The summed E-state index contributed by atoms with van der Waals surface area (Å²) in [6.45, 7) is 7.64. The Hall–Kier alpha value is -1.06. The lowest BCUT2D eigenvalue weighted by Gasteiger charge is -2.23. The van der Waals surface area contributed by atoms with Gasteiger partial charge in [-0.25, -0.2) is 0 Å². The van der Waals surface area contributed by atoms with Crippen molar-refractivity contribution in [3.8, 4) is 5.75 Å². The maximum Gasteiger partial charge on any atom is 0.122 e. The van der Waals surface area contributed by atoms with Crippen LogP contribution < -0.4 is 10.1 Å². The van der Waals surface area contributed by atoms with E-state index in [4.69, 9.17) is 4.74 Å². The number of nitrogens with zero attached hydrogens (tertiary/aromatic N) is 1. The maximum absolute atomic E-state index is 5.37. The standard InChI is InChI=1S/C16H26N2O/c1-12-13(2)16(19-4)8-7-14(12)10-18(3)11-15-6-5-9-17-15/h7-8,15,17H,5-6,9-11H2,1-4H3. The summed E-state index contributed by atoms with van der Waals surface area (Å²) in [7, 11) is 3.94. The molecule has 1 heterocycles. The normalized spacial score (nSPS) is 19.1. The van der Waals surface area contributed by atoms with E-state index in [1.54, 1.807) is 7.11 Å². The predicted octanol–water partition coefficient (Wildman–Crippen LogP) is 2.50. The van der Waals surface area contributed by atoms with Crippen molar-refractivity contribution in [2.45, 2.75) is 39.3 Å². The Bertz CT molecular complexity index is 425. The molecule has 0 aromatic heterocycles. The quantitative estimate of drug-likeness (QED) is 0.882.